The van der Waals surface area contributed by atoms with E-state index in [0.29, 0.717) is 5.69 Å². The molecular formula is C23H17NO2. The van der Waals surface area contributed by atoms with Crippen molar-refractivity contribution in [2.24, 2.45) is 0 Å². The molecule has 0 unspecified atom stereocenters. The molecule has 0 aliphatic carbocycles. The van der Waals surface area contributed by atoms with Crippen LogP contribution in [-0.2, 0) is 0 Å². The number of carbonyl (C=O) groups is 1. The number of aromatic nitrogens is 1. The lowest BCUT2D eigenvalue weighted by atomic mass is 9.98. The van der Waals surface area contributed by atoms with E-state index in [1.54, 1.807) is 12.1 Å². The summed E-state index contributed by atoms with van der Waals surface area (Å²) >= 11 is 0. The monoisotopic (exact) mass is 339 g/mol. The normalized spacial score (nSPS) is 10.3. The minimum atomic E-state index is -0.996. The zero-order valence-corrected chi connectivity index (χ0v) is 14.3. The van der Waals surface area contributed by atoms with Crippen LogP contribution in [0, 0.1) is 18.8 Å². The fraction of sp³-hybridized carbons (Fsp3) is 0.0435. The third-order valence-electron chi connectivity index (χ3n) is 3.88. The number of aryl methyl sites for hydroxylation is 1. The van der Waals surface area contributed by atoms with Gasteiger partial charge in [0, 0.05) is 6.20 Å². The van der Waals surface area contributed by atoms with E-state index in [1.165, 1.54) is 17.8 Å². The molecule has 0 saturated carbocycles. The van der Waals surface area contributed by atoms with Crippen LogP contribution in [0.3, 0.4) is 0 Å². The van der Waals surface area contributed by atoms with Gasteiger partial charge in [0.25, 0.3) is 0 Å². The second-order valence-electron chi connectivity index (χ2n) is 5.79. The molecule has 0 radical (unpaired) electrons. The average Bonchev–Trinajstić information content (AvgIpc) is 2.67. The zero-order chi connectivity index (χ0) is 18.4. The van der Waals surface area contributed by atoms with Crippen LogP contribution in [0.4, 0.5) is 0 Å². The minimum absolute atomic E-state index is 0.151. The maximum absolute atomic E-state index is 10.8. The highest BCUT2D eigenvalue weighted by Gasteiger charge is 2.02. The van der Waals surface area contributed by atoms with E-state index in [9.17, 15) is 4.79 Å². The first-order valence-corrected chi connectivity index (χ1v) is 8.17. The third-order valence-corrected chi connectivity index (χ3v) is 3.88. The van der Waals surface area contributed by atoms with Crippen LogP contribution >= 0.6 is 0 Å². The van der Waals surface area contributed by atoms with Crippen molar-refractivity contribution in [3.8, 4) is 23.0 Å². The van der Waals surface area contributed by atoms with E-state index < -0.39 is 5.97 Å². The van der Waals surface area contributed by atoms with Crippen LogP contribution in [0.25, 0.3) is 17.2 Å². The summed E-state index contributed by atoms with van der Waals surface area (Å²) in [5, 5.41) is 8.86. The molecule has 0 atom stereocenters. The van der Waals surface area contributed by atoms with Crippen molar-refractivity contribution < 1.29 is 9.90 Å². The number of allylic oxidation sites excluding steroid dienone is 1. The molecule has 1 aromatic heterocycles. The summed E-state index contributed by atoms with van der Waals surface area (Å²) in [5.74, 6) is 4.86. The van der Waals surface area contributed by atoms with E-state index in [2.05, 4.69) is 54.1 Å². The molecule has 1 heterocycles. The smallest absolute Gasteiger partial charge is 0.337 e. The number of hydrogen-bond acceptors (Lipinski definition) is 2. The lowest BCUT2D eigenvalue weighted by Gasteiger charge is -2.06. The van der Waals surface area contributed by atoms with E-state index in [0.717, 1.165) is 16.7 Å². The molecule has 0 saturated heterocycles. The van der Waals surface area contributed by atoms with E-state index in [1.807, 2.05) is 24.3 Å². The Balaban J connectivity index is 1.80. The highest BCUT2D eigenvalue weighted by atomic mass is 16.4. The van der Waals surface area contributed by atoms with Gasteiger partial charge in [0.2, 0.25) is 0 Å². The van der Waals surface area contributed by atoms with Gasteiger partial charge in [-0.2, -0.15) is 0 Å². The van der Waals surface area contributed by atoms with Gasteiger partial charge in [0.05, 0.1) is 5.56 Å². The minimum Gasteiger partial charge on any atom is -0.478 e. The van der Waals surface area contributed by atoms with E-state index >= 15 is 0 Å². The lowest BCUT2D eigenvalue weighted by molar-refractivity contribution is 0.0696. The highest BCUT2D eigenvalue weighted by Crippen LogP contribution is 2.24. The number of carboxylic acids is 1. The van der Waals surface area contributed by atoms with Crippen molar-refractivity contribution in [3.05, 3.63) is 95.3 Å². The van der Waals surface area contributed by atoms with Crippen LogP contribution in [0.15, 0.2) is 72.9 Å². The Labute approximate surface area is 152 Å². The van der Waals surface area contributed by atoms with Gasteiger partial charge in [-0.1, -0.05) is 60.0 Å². The van der Waals surface area contributed by atoms with Crippen molar-refractivity contribution >= 4 is 12.0 Å². The van der Waals surface area contributed by atoms with Gasteiger partial charge in [0.1, 0.15) is 5.69 Å². The summed E-state index contributed by atoms with van der Waals surface area (Å²) in [6.07, 6.45) is 5.05. The average molecular weight is 339 g/mol. The number of benzene rings is 2. The molecule has 0 fully saturated rings. The predicted octanol–water partition coefficient (Wildman–Crippen LogP) is 4.82. The number of rotatable bonds is 3. The SMILES string of the molecule is Cc1ccc(-c2ccccc2C=CC#Cc2ccc(C(=O)O)cn2)cc1. The summed E-state index contributed by atoms with van der Waals surface area (Å²) in [7, 11) is 0. The first-order valence-electron chi connectivity index (χ1n) is 8.17. The molecule has 3 heteroatoms. The molecule has 0 spiro atoms. The summed E-state index contributed by atoms with van der Waals surface area (Å²) in [6, 6.07) is 19.7. The van der Waals surface area contributed by atoms with Crippen LogP contribution in [0.1, 0.15) is 27.2 Å². The van der Waals surface area contributed by atoms with Crippen LogP contribution in [-0.4, -0.2) is 16.1 Å². The zero-order valence-electron chi connectivity index (χ0n) is 14.3. The lowest BCUT2D eigenvalue weighted by Crippen LogP contribution is -1.97. The predicted molar refractivity (Wildman–Crippen MR) is 104 cm³/mol. The molecule has 0 bridgehead atoms. The third kappa shape index (κ3) is 4.25. The van der Waals surface area contributed by atoms with E-state index in [4.69, 9.17) is 5.11 Å². The molecule has 2 aromatic carbocycles. The molecule has 26 heavy (non-hydrogen) atoms. The second kappa shape index (κ2) is 7.96. The number of aromatic carboxylic acids is 1. The molecular weight excluding hydrogens is 322 g/mol. The van der Waals surface area contributed by atoms with Crippen molar-refractivity contribution in [2.75, 3.05) is 0 Å². The molecule has 3 rings (SSSR count). The van der Waals surface area contributed by atoms with Crippen LogP contribution < -0.4 is 0 Å². The molecule has 0 amide bonds. The van der Waals surface area contributed by atoms with Crippen LogP contribution in [0.5, 0.6) is 0 Å². The van der Waals surface area contributed by atoms with Crippen LogP contribution in [0.2, 0.25) is 0 Å². The number of hydrogen-bond donors (Lipinski definition) is 1. The van der Waals surface area contributed by atoms with Crippen molar-refractivity contribution in [2.45, 2.75) is 6.92 Å². The van der Waals surface area contributed by atoms with Crippen molar-refractivity contribution in [1.82, 2.24) is 4.98 Å². The quantitative estimate of drug-likeness (QED) is 0.696. The first kappa shape index (κ1) is 17.2. The van der Waals surface area contributed by atoms with Gasteiger partial charge in [-0.3, -0.25) is 0 Å². The Morgan fingerprint density at radius 2 is 1.81 bits per heavy atom. The largest absolute Gasteiger partial charge is 0.478 e. The Bertz CT molecular complexity index is 1000. The summed E-state index contributed by atoms with van der Waals surface area (Å²) < 4.78 is 0. The Hall–Kier alpha value is -3.64. The number of nitrogens with zero attached hydrogens (tertiary/aromatic N) is 1. The first-order chi connectivity index (χ1) is 12.6. The van der Waals surface area contributed by atoms with Crippen molar-refractivity contribution in [3.63, 3.8) is 0 Å². The Kier molecular flexibility index (Phi) is 5.26. The van der Waals surface area contributed by atoms with Gasteiger partial charge in [-0.05, 0) is 53.8 Å². The van der Waals surface area contributed by atoms with Gasteiger partial charge < -0.3 is 5.11 Å². The van der Waals surface area contributed by atoms with Gasteiger partial charge in [-0.15, -0.1) is 0 Å². The standard InChI is InChI=1S/C23H17NO2/c1-17-10-12-19(13-11-17)22-9-5-3-7-18(22)6-2-4-8-21-15-14-20(16-24-21)23(25)26/h2-3,5-7,9-16H,1H3,(H,25,26). The summed E-state index contributed by atoms with van der Waals surface area (Å²) in [6.45, 7) is 2.07. The van der Waals surface area contributed by atoms with Gasteiger partial charge in [0.15, 0.2) is 0 Å². The highest BCUT2D eigenvalue weighted by molar-refractivity contribution is 5.87. The maximum Gasteiger partial charge on any atom is 0.337 e. The molecule has 3 aromatic rings. The fourth-order valence-electron chi connectivity index (χ4n) is 2.48. The Morgan fingerprint density at radius 3 is 2.50 bits per heavy atom. The molecule has 3 nitrogen and oxygen atoms in total. The van der Waals surface area contributed by atoms with E-state index in [-0.39, 0.29) is 5.56 Å². The summed E-state index contributed by atoms with van der Waals surface area (Å²) in [4.78, 5) is 14.8. The van der Waals surface area contributed by atoms with Gasteiger partial charge >= 0.3 is 5.97 Å². The molecule has 0 aliphatic heterocycles. The molecule has 0 aliphatic rings. The topological polar surface area (TPSA) is 50.2 Å². The maximum atomic E-state index is 10.8. The Morgan fingerprint density at radius 1 is 1.04 bits per heavy atom. The summed E-state index contributed by atoms with van der Waals surface area (Å²) in [5.41, 5.74) is 5.31. The fourth-order valence-corrected chi connectivity index (χ4v) is 2.48. The van der Waals surface area contributed by atoms with Gasteiger partial charge in [-0.25, -0.2) is 9.78 Å². The number of carboxylic acid groups (broad SMARTS) is 1. The molecule has 1 N–H and O–H groups in total. The molecule has 126 valence electrons. The van der Waals surface area contributed by atoms with Crippen molar-refractivity contribution in [1.29, 1.82) is 0 Å². The number of pyridine rings is 1. The second-order valence-corrected chi connectivity index (χ2v) is 5.79.